The van der Waals surface area contributed by atoms with Gasteiger partial charge in [0.05, 0.1) is 33.0 Å². The fourth-order valence-corrected chi connectivity index (χ4v) is 3.17. The van der Waals surface area contributed by atoms with Gasteiger partial charge in [0.2, 0.25) is 0 Å². The predicted molar refractivity (Wildman–Crippen MR) is 139 cm³/mol. The summed E-state index contributed by atoms with van der Waals surface area (Å²) in [7, 11) is 1.63. The molecule has 10 nitrogen and oxygen atoms in total. The molecule has 2 rings (SSSR count). The maximum Gasteiger partial charge on any atom is 0.407 e. The lowest BCUT2D eigenvalue weighted by Gasteiger charge is -2.22. The fraction of sp³-hybridized carbons (Fsp3) is 0.481. The maximum absolute atomic E-state index is 12.0. The van der Waals surface area contributed by atoms with Crippen LogP contribution in [0.2, 0.25) is 0 Å². The maximum atomic E-state index is 12.0. The number of ether oxygens (including phenoxy) is 5. The predicted octanol–water partition coefficient (Wildman–Crippen LogP) is 2.82. The second kappa shape index (κ2) is 19.9. The summed E-state index contributed by atoms with van der Waals surface area (Å²) in [6, 6.07) is 19.0. The number of nitrogens with one attached hydrogen (secondary N) is 2. The molecule has 37 heavy (non-hydrogen) atoms. The number of hydrogen-bond donors (Lipinski definition) is 2. The number of carbonyl (C=O) groups excluding carboxylic acids is 2. The molecule has 2 aromatic rings. The summed E-state index contributed by atoms with van der Waals surface area (Å²) in [5.41, 5.74) is 1.85. The van der Waals surface area contributed by atoms with Crippen LogP contribution in [0.1, 0.15) is 11.1 Å². The number of carbonyl (C=O) groups is 2. The minimum Gasteiger partial charge on any atom is -0.445 e. The summed E-state index contributed by atoms with van der Waals surface area (Å²) in [6.07, 6.45) is -0.952. The van der Waals surface area contributed by atoms with E-state index in [-0.39, 0.29) is 13.2 Å². The Morgan fingerprint density at radius 1 is 0.649 bits per heavy atom. The molecule has 10 heteroatoms. The first-order valence-electron chi connectivity index (χ1n) is 12.4. The molecule has 0 aliphatic heterocycles. The molecule has 0 atom stereocenters. The van der Waals surface area contributed by atoms with Gasteiger partial charge >= 0.3 is 12.2 Å². The van der Waals surface area contributed by atoms with Crippen LogP contribution in [0.25, 0.3) is 0 Å². The zero-order valence-electron chi connectivity index (χ0n) is 21.6. The Kier molecular flexibility index (Phi) is 16.2. The van der Waals surface area contributed by atoms with E-state index in [0.29, 0.717) is 65.8 Å². The van der Waals surface area contributed by atoms with Crippen LogP contribution < -0.4 is 10.6 Å². The summed E-state index contributed by atoms with van der Waals surface area (Å²) in [5, 5.41) is 5.53. The van der Waals surface area contributed by atoms with Crippen molar-refractivity contribution in [2.24, 2.45) is 0 Å². The number of rotatable bonds is 19. The van der Waals surface area contributed by atoms with Crippen molar-refractivity contribution < 1.29 is 33.3 Å². The van der Waals surface area contributed by atoms with Gasteiger partial charge in [-0.05, 0) is 11.1 Å². The number of nitrogens with zero attached hydrogens (tertiary/aromatic N) is 1. The molecule has 204 valence electrons. The highest BCUT2D eigenvalue weighted by Gasteiger charge is 2.09. The minimum atomic E-state index is -0.476. The van der Waals surface area contributed by atoms with Crippen LogP contribution in [0.3, 0.4) is 0 Å². The molecule has 0 saturated carbocycles. The molecule has 0 heterocycles. The summed E-state index contributed by atoms with van der Waals surface area (Å²) in [5.74, 6) is 0. The Morgan fingerprint density at radius 2 is 1.11 bits per heavy atom. The van der Waals surface area contributed by atoms with Gasteiger partial charge in [0.25, 0.3) is 0 Å². The summed E-state index contributed by atoms with van der Waals surface area (Å²) in [4.78, 5) is 26.1. The Hall–Kier alpha value is -3.18. The normalized spacial score (nSPS) is 10.8. The van der Waals surface area contributed by atoms with Crippen molar-refractivity contribution in [2.75, 3.05) is 72.9 Å². The van der Waals surface area contributed by atoms with Gasteiger partial charge in [-0.1, -0.05) is 60.7 Å². The van der Waals surface area contributed by atoms with Crippen LogP contribution >= 0.6 is 0 Å². The molecule has 0 bridgehead atoms. The van der Waals surface area contributed by atoms with Gasteiger partial charge in [0, 0.05) is 39.8 Å². The molecule has 0 fully saturated rings. The van der Waals surface area contributed by atoms with Crippen molar-refractivity contribution in [3.63, 3.8) is 0 Å². The van der Waals surface area contributed by atoms with E-state index in [1.54, 1.807) is 7.11 Å². The molecule has 0 radical (unpaired) electrons. The van der Waals surface area contributed by atoms with Crippen LogP contribution in [0.5, 0.6) is 0 Å². The summed E-state index contributed by atoms with van der Waals surface area (Å²) >= 11 is 0. The molecule has 0 saturated heterocycles. The number of alkyl carbamates (subject to hydrolysis) is 2. The molecule has 2 N–H and O–H groups in total. The lowest BCUT2D eigenvalue weighted by molar-refractivity contribution is 0.0196. The Balaban J connectivity index is 1.66. The van der Waals surface area contributed by atoms with Crippen molar-refractivity contribution in [3.05, 3.63) is 71.8 Å². The largest absolute Gasteiger partial charge is 0.445 e. The smallest absolute Gasteiger partial charge is 0.407 e. The van der Waals surface area contributed by atoms with Gasteiger partial charge in [-0.25, -0.2) is 9.59 Å². The third-order valence-corrected chi connectivity index (χ3v) is 5.18. The second-order valence-corrected chi connectivity index (χ2v) is 8.04. The summed E-state index contributed by atoms with van der Waals surface area (Å²) in [6.45, 7) is 5.52. The molecular weight excluding hydrogens is 478 g/mol. The molecule has 0 spiro atoms. The first kappa shape index (κ1) is 30.0. The molecule has 2 aromatic carbocycles. The van der Waals surface area contributed by atoms with Crippen molar-refractivity contribution in [3.8, 4) is 0 Å². The third kappa shape index (κ3) is 15.5. The van der Waals surface area contributed by atoms with Gasteiger partial charge in [0.15, 0.2) is 0 Å². The van der Waals surface area contributed by atoms with E-state index in [9.17, 15) is 9.59 Å². The van der Waals surface area contributed by atoms with E-state index in [0.717, 1.165) is 11.1 Å². The fourth-order valence-electron chi connectivity index (χ4n) is 3.17. The van der Waals surface area contributed by atoms with Gasteiger partial charge in [0.1, 0.15) is 13.2 Å². The quantitative estimate of drug-likeness (QED) is 0.274. The number of methoxy groups -OCH3 is 1. The average molecular weight is 518 g/mol. The van der Waals surface area contributed by atoms with E-state index >= 15 is 0 Å². The Labute approximate surface area is 219 Å². The van der Waals surface area contributed by atoms with Gasteiger partial charge in [-0.2, -0.15) is 0 Å². The highest BCUT2D eigenvalue weighted by Crippen LogP contribution is 2.01. The molecular formula is C27H39N3O7. The molecule has 0 aromatic heterocycles. The van der Waals surface area contributed by atoms with E-state index in [1.807, 2.05) is 60.7 Å². The zero-order valence-corrected chi connectivity index (χ0v) is 21.6. The van der Waals surface area contributed by atoms with Crippen molar-refractivity contribution >= 4 is 12.2 Å². The van der Waals surface area contributed by atoms with Crippen molar-refractivity contribution in [2.45, 2.75) is 13.2 Å². The van der Waals surface area contributed by atoms with E-state index in [4.69, 9.17) is 23.7 Å². The Bertz CT molecular complexity index is 794. The first-order chi connectivity index (χ1) is 18.2. The Morgan fingerprint density at radius 3 is 1.59 bits per heavy atom. The lowest BCUT2D eigenvalue weighted by Crippen LogP contribution is -2.41. The van der Waals surface area contributed by atoms with Crippen molar-refractivity contribution in [1.82, 2.24) is 15.5 Å². The van der Waals surface area contributed by atoms with E-state index in [2.05, 4.69) is 15.5 Å². The first-order valence-corrected chi connectivity index (χ1v) is 12.4. The highest BCUT2D eigenvalue weighted by atomic mass is 16.6. The summed E-state index contributed by atoms with van der Waals surface area (Å²) < 4.78 is 26.5. The van der Waals surface area contributed by atoms with E-state index < -0.39 is 12.2 Å². The monoisotopic (exact) mass is 517 g/mol. The third-order valence-electron chi connectivity index (χ3n) is 5.18. The molecule has 2 amide bonds. The van der Waals surface area contributed by atoms with Gasteiger partial charge in [-0.15, -0.1) is 0 Å². The van der Waals surface area contributed by atoms with Gasteiger partial charge in [-0.3, -0.25) is 4.90 Å². The van der Waals surface area contributed by atoms with Crippen LogP contribution in [-0.2, 0) is 36.9 Å². The highest BCUT2D eigenvalue weighted by molar-refractivity contribution is 5.67. The van der Waals surface area contributed by atoms with Gasteiger partial charge < -0.3 is 34.3 Å². The number of benzene rings is 2. The van der Waals surface area contributed by atoms with Crippen molar-refractivity contribution in [1.29, 1.82) is 0 Å². The average Bonchev–Trinajstić information content (AvgIpc) is 2.93. The van der Waals surface area contributed by atoms with Crippen LogP contribution in [0.4, 0.5) is 9.59 Å². The second-order valence-electron chi connectivity index (χ2n) is 8.04. The number of hydrogen-bond acceptors (Lipinski definition) is 8. The zero-order chi connectivity index (χ0) is 26.4. The van der Waals surface area contributed by atoms with Crippen LogP contribution in [0, 0.1) is 0 Å². The van der Waals surface area contributed by atoms with Crippen LogP contribution in [-0.4, -0.2) is 90.0 Å². The van der Waals surface area contributed by atoms with Crippen LogP contribution in [0.15, 0.2) is 60.7 Å². The standard InChI is InChI=1S/C27H39N3O7/c1-33-18-19-35-21-20-34-17-16-30(14-12-28-26(31)36-22-24-8-4-2-5-9-24)15-13-29-27(32)37-23-25-10-6-3-7-11-25/h2-11H,12-23H2,1H3,(H,28,31)(H,29,32). The molecule has 0 unspecified atom stereocenters. The SMILES string of the molecule is COCCOCCOCCN(CCNC(=O)OCc1ccccc1)CCNC(=O)OCc1ccccc1. The molecule has 0 aliphatic carbocycles. The molecule has 0 aliphatic rings. The minimum absolute atomic E-state index is 0.214. The topological polar surface area (TPSA) is 108 Å². The number of amides is 2. The van der Waals surface area contributed by atoms with E-state index in [1.165, 1.54) is 0 Å². The lowest BCUT2D eigenvalue weighted by atomic mass is 10.2.